The molecule has 0 aliphatic carbocycles. The van der Waals surface area contributed by atoms with E-state index in [0.29, 0.717) is 5.82 Å². The second-order valence-electron chi connectivity index (χ2n) is 3.96. The molecule has 0 bridgehead atoms. The summed E-state index contributed by atoms with van der Waals surface area (Å²) in [4.78, 5) is 21.1. The molecule has 1 aliphatic heterocycles. The molecule has 5 heteroatoms. The number of hydrogen-bond acceptors (Lipinski definition) is 4. The second kappa shape index (κ2) is 5.03. The van der Waals surface area contributed by atoms with Gasteiger partial charge in [0, 0.05) is 19.2 Å². The zero-order valence-corrected chi connectivity index (χ0v) is 9.09. The zero-order valence-electron chi connectivity index (χ0n) is 9.09. The highest BCUT2D eigenvalue weighted by molar-refractivity contribution is 5.85. The largest absolute Gasteiger partial charge is 0.477 e. The lowest BCUT2D eigenvalue weighted by molar-refractivity contribution is 0.0690. The van der Waals surface area contributed by atoms with Gasteiger partial charge in [-0.15, -0.1) is 0 Å². The number of nitrogens with zero attached hydrogens (tertiary/aromatic N) is 3. The van der Waals surface area contributed by atoms with Crippen molar-refractivity contribution in [2.24, 2.45) is 0 Å². The molecule has 2 heterocycles. The number of carboxylic acids is 1. The van der Waals surface area contributed by atoms with Crippen LogP contribution in [-0.4, -0.2) is 45.6 Å². The third kappa shape index (κ3) is 2.76. The molecule has 1 aromatic rings. The molecular weight excluding hydrogens is 206 g/mol. The molecule has 0 unspecified atom stereocenters. The lowest BCUT2D eigenvalue weighted by atomic mass is 10.3. The van der Waals surface area contributed by atoms with Gasteiger partial charge in [0.05, 0.1) is 0 Å². The lowest BCUT2D eigenvalue weighted by Crippen LogP contribution is -2.22. The fourth-order valence-corrected chi connectivity index (χ4v) is 1.90. The SMILES string of the molecule is O=C(O)c1ccnc(CCN2CCCC2)n1. The summed E-state index contributed by atoms with van der Waals surface area (Å²) in [5.41, 5.74) is 0.0754. The van der Waals surface area contributed by atoms with Gasteiger partial charge in [0.2, 0.25) is 0 Å². The normalized spacial score (nSPS) is 16.5. The van der Waals surface area contributed by atoms with Crippen molar-refractivity contribution in [1.82, 2.24) is 14.9 Å². The average molecular weight is 221 g/mol. The van der Waals surface area contributed by atoms with Crippen molar-refractivity contribution in [2.75, 3.05) is 19.6 Å². The van der Waals surface area contributed by atoms with Crippen molar-refractivity contribution in [3.05, 3.63) is 23.8 Å². The van der Waals surface area contributed by atoms with E-state index in [-0.39, 0.29) is 5.69 Å². The number of rotatable bonds is 4. The number of hydrogen-bond donors (Lipinski definition) is 1. The number of likely N-dealkylation sites (tertiary alicyclic amines) is 1. The smallest absolute Gasteiger partial charge is 0.354 e. The van der Waals surface area contributed by atoms with Crippen LogP contribution in [0.4, 0.5) is 0 Å². The van der Waals surface area contributed by atoms with E-state index < -0.39 is 5.97 Å². The molecule has 1 aromatic heterocycles. The van der Waals surface area contributed by atoms with Gasteiger partial charge in [-0.3, -0.25) is 0 Å². The molecule has 2 rings (SSSR count). The number of carboxylic acid groups (broad SMARTS) is 1. The monoisotopic (exact) mass is 221 g/mol. The summed E-state index contributed by atoms with van der Waals surface area (Å²) in [6.07, 6.45) is 4.75. The van der Waals surface area contributed by atoms with Crippen LogP contribution in [0.2, 0.25) is 0 Å². The van der Waals surface area contributed by atoms with Crippen molar-refractivity contribution in [3.8, 4) is 0 Å². The van der Waals surface area contributed by atoms with Gasteiger partial charge in [-0.2, -0.15) is 0 Å². The van der Waals surface area contributed by atoms with Crippen LogP contribution < -0.4 is 0 Å². The van der Waals surface area contributed by atoms with E-state index in [0.717, 1.165) is 26.1 Å². The first-order valence-electron chi connectivity index (χ1n) is 5.53. The third-order valence-corrected chi connectivity index (χ3v) is 2.77. The van der Waals surface area contributed by atoms with Crippen molar-refractivity contribution in [3.63, 3.8) is 0 Å². The van der Waals surface area contributed by atoms with E-state index in [1.54, 1.807) is 0 Å². The van der Waals surface area contributed by atoms with E-state index in [2.05, 4.69) is 14.9 Å². The molecule has 0 aromatic carbocycles. The Morgan fingerprint density at radius 3 is 2.88 bits per heavy atom. The van der Waals surface area contributed by atoms with Gasteiger partial charge in [0.15, 0.2) is 5.69 Å². The number of carbonyl (C=O) groups is 1. The van der Waals surface area contributed by atoms with Gasteiger partial charge in [-0.25, -0.2) is 14.8 Å². The molecule has 1 aliphatic rings. The molecular formula is C11H15N3O2. The maximum atomic E-state index is 10.7. The predicted molar refractivity (Wildman–Crippen MR) is 58.4 cm³/mol. The Hall–Kier alpha value is -1.49. The standard InChI is InChI=1S/C11H15N3O2/c15-11(16)9-3-5-12-10(13-9)4-8-14-6-1-2-7-14/h3,5H,1-2,4,6-8H2,(H,15,16). The van der Waals surface area contributed by atoms with Gasteiger partial charge in [0.1, 0.15) is 5.82 Å². The summed E-state index contributed by atoms with van der Waals surface area (Å²) in [6.45, 7) is 3.19. The van der Waals surface area contributed by atoms with Crippen molar-refractivity contribution in [1.29, 1.82) is 0 Å². The second-order valence-corrected chi connectivity index (χ2v) is 3.96. The van der Waals surface area contributed by atoms with E-state index in [4.69, 9.17) is 5.11 Å². The zero-order chi connectivity index (χ0) is 11.4. The van der Waals surface area contributed by atoms with Crippen LogP contribution in [0.5, 0.6) is 0 Å². The Balaban J connectivity index is 1.93. The predicted octanol–water partition coefficient (Wildman–Crippen LogP) is 0.813. The third-order valence-electron chi connectivity index (χ3n) is 2.77. The molecule has 5 nitrogen and oxygen atoms in total. The van der Waals surface area contributed by atoms with Crippen molar-refractivity contribution < 1.29 is 9.90 Å². The first-order chi connectivity index (χ1) is 7.75. The van der Waals surface area contributed by atoms with E-state index >= 15 is 0 Å². The summed E-state index contributed by atoms with van der Waals surface area (Å²) in [6, 6.07) is 1.42. The summed E-state index contributed by atoms with van der Waals surface area (Å²) in [7, 11) is 0. The Labute approximate surface area is 94.1 Å². The van der Waals surface area contributed by atoms with Crippen LogP contribution in [0.25, 0.3) is 0 Å². The molecule has 16 heavy (non-hydrogen) atoms. The van der Waals surface area contributed by atoms with Gasteiger partial charge in [-0.05, 0) is 32.0 Å². The van der Waals surface area contributed by atoms with Gasteiger partial charge >= 0.3 is 5.97 Å². The van der Waals surface area contributed by atoms with Crippen LogP contribution in [0, 0.1) is 0 Å². The fraction of sp³-hybridized carbons (Fsp3) is 0.545. The Morgan fingerprint density at radius 1 is 1.44 bits per heavy atom. The fourth-order valence-electron chi connectivity index (χ4n) is 1.90. The minimum Gasteiger partial charge on any atom is -0.477 e. The summed E-state index contributed by atoms with van der Waals surface area (Å²) < 4.78 is 0. The van der Waals surface area contributed by atoms with Crippen LogP contribution in [0.3, 0.4) is 0 Å². The maximum absolute atomic E-state index is 10.7. The molecule has 86 valence electrons. The molecule has 1 fully saturated rings. The Bertz CT molecular complexity index is 375. The van der Waals surface area contributed by atoms with Crippen LogP contribution in [-0.2, 0) is 6.42 Å². The Morgan fingerprint density at radius 2 is 2.19 bits per heavy atom. The highest BCUT2D eigenvalue weighted by atomic mass is 16.4. The molecule has 0 spiro atoms. The molecule has 1 saturated heterocycles. The number of aromatic carboxylic acids is 1. The Kier molecular flexibility index (Phi) is 3.46. The molecule has 1 N–H and O–H groups in total. The summed E-state index contributed by atoms with van der Waals surface area (Å²) in [5, 5.41) is 8.79. The maximum Gasteiger partial charge on any atom is 0.354 e. The van der Waals surface area contributed by atoms with E-state index in [9.17, 15) is 4.79 Å². The highest BCUT2D eigenvalue weighted by Crippen LogP contribution is 2.07. The van der Waals surface area contributed by atoms with Crippen LogP contribution in [0.15, 0.2) is 12.3 Å². The topological polar surface area (TPSA) is 66.3 Å². The highest BCUT2D eigenvalue weighted by Gasteiger charge is 2.12. The average Bonchev–Trinajstić information content (AvgIpc) is 2.79. The first-order valence-corrected chi connectivity index (χ1v) is 5.53. The quantitative estimate of drug-likeness (QED) is 0.815. The molecule has 0 amide bonds. The van der Waals surface area contributed by atoms with Gasteiger partial charge in [0.25, 0.3) is 0 Å². The van der Waals surface area contributed by atoms with Crippen molar-refractivity contribution >= 4 is 5.97 Å². The van der Waals surface area contributed by atoms with Gasteiger partial charge in [-0.1, -0.05) is 0 Å². The number of aromatic nitrogens is 2. The minimum absolute atomic E-state index is 0.0754. The minimum atomic E-state index is -0.996. The summed E-state index contributed by atoms with van der Waals surface area (Å²) in [5.74, 6) is -0.378. The van der Waals surface area contributed by atoms with Gasteiger partial charge < -0.3 is 10.0 Å². The first kappa shape index (κ1) is 11.0. The molecule has 0 radical (unpaired) electrons. The van der Waals surface area contributed by atoms with Crippen molar-refractivity contribution in [2.45, 2.75) is 19.3 Å². The molecule has 0 atom stereocenters. The van der Waals surface area contributed by atoms with E-state index in [1.807, 2.05) is 0 Å². The lowest BCUT2D eigenvalue weighted by Gasteiger charge is -2.13. The molecule has 0 saturated carbocycles. The van der Waals surface area contributed by atoms with E-state index in [1.165, 1.54) is 25.1 Å². The summed E-state index contributed by atoms with van der Waals surface area (Å²) >= 11 is 0. The van der Waals surface area contributed by atoms with Crippen LogP contribution in [0.1, 0.15) is 29.2 Å². The van der Waals surface area contributed by atoms with Crippen LogP contribution >= 0.6 is 0 Å².